The van der Waals surface area contributed by atoms with Crippen molar-refractivity contribution in [2.75, 3.05) is 14.2 Å². The van der Waals surface area contributed by atoms with Crippen molar-refractivity contribution >= 4 is 5.96 Å². The number of nitrogens with one attached hydrogen (secondary N) is 2. The van der Waals surface area contributed by atoms with Crippen LogP contribution in [0, 0.1) is 6.92 Å². The summed E-state index contributed by atoms with van der Waals surface area (Å²) in [6.45, 7) is 3.37. The summed E-state index contributed by atoms with van der Waals surface area (Å²) in [6, 6.07) is 8.88. The van der Waals surface area contributed by atoms with Crippen molar-refractivity contribution in [2.24, 2.45) is 4.99 Å². The van der Waals surface area contributed by atoms with Crippen molar-refractivity contribution in [1.29, 1.82) is 0 Å². The molecular formula is C20H29N5O. The molecule has 1 aliphatic rings. The molecule has 1 aromatic carbocycles. The van der Waals surface area contributed by atoms with Gasteiger partial charge in [0.2, 0.25) is 0 Å². The molecule has 0 aliphatic heterocycles. The maximum absolute atomic E-state index is 5.46. The van der Waals surface area contributed by atoms with Gasteiger partial charge in [0.15, 0.2) is 5.96 Å². The molecule has 3 rings (SSSR count). The number of aryl methyl sites for hydroxylation is 1. The average molecular weight is 355 g/mol. The lowest BCUT2D eigenvalue weighted by Gasteiger charge is -2.14. The lowest BCUT2D eigenvalue weighted by atomic mass is 10.1. The number of aliphatic imine (C=N–C) groups is 1. The lowest BCUT2D eigenvalue weighted by Crippen LogP contribution is -2.36. The van der Waals surface area contributed by atoms with Crippen LogP contribution in [0.2, 0.25) is 0 Å². The summed E-state index contributed by atoms with van der Waals surface area (Å²) in [6.07, 6.45) is 7.22. The van der Waals surface area contributed by atoms with E-state index in [0.29, 0.717) is 19.1 Å². The van der Waals surface area contributed by atoms with Gasteiger partial charge < -0.3 is 15.4 Å². The zero-order valence-electron chi connectivity index (χ0n) is 16.0. The minimum atomic E-state index is 0.579. The van der Waals surface area contributed by atoms with Crippen molar-refractivity contribution in [3.63, 3.8) is 0 Å². The van der Waals surface area contributed by atoms with E-state index in [2.05, 4.69) is 51.6 Å². The highest BCUT2D eigenvalue weighted by atomic mass is 16.5. The molecule has 0 atom stereocenters. The van der Waals surface area contributed by atoms with Crippen LogP contribution in [0.5, 0.6) is 5.75 Å². The van der Waals surface area contributed by atoms with E-state index in [0.717, 1.165) is 23.0 Å². The molecule has 1 aromatic heterocycles. The Kier molecular flexibility index (Phi) is 6.15. The van der Waals surface area contributed by atoms with E-state index in [1.807, 2.05) is 6.07 Å². The van der Waals surface area contributed by atoms with Gasteiger partial charge in [-0.05, 0) is 37.5 Å². The van der Waals surface area contributed by atoms with E-state index < -0.39 is 0 Å². The zero-order chi connectivity index (χ0) is 18.4. The van der Waals surface area contributed by atoms with Crippen LogP contribution >= 0.6 is 0 Å². The van der Waals surface area contributed by atoms with Gasteiger partial charge in [0.05, 0.1) is 25.4 Å². The first kappa shape index (κ1) is 18.3. The highest BCUT2D eigenvalue weighted by Crippen LogP contribution is 2.28. The fourth-order valence-corrected chi connectivity index (χ4v) is 3.42. The summed E-state index contributed by atoms with van der Waals surface area (Å²) in [7, 11) is 3.48. The summed E-state index contributed by atoms with van der Waals surface area (Å²) in [5, 5.41) is 11.4. The van der Waals surface area contributed by atoms with Crippen molar-refractivity contribution in [3.05, 3.63) is 47.3 Å². The number of hydrogen-bond donors (Lipinski definition) is 2. The predicted molar refractivity (Wildman–Crippen MR) is 105 cm³/mol. The number of aromatic nitrogens is 2. The molecule has 0 bridgehead atoms. The predicted octanol–water partition coefficient (Wildman–Crippen LogP) is 3.18. The molecule has 1 saturated carbocycles. The number of nitrogens with zero attached hydrogens (tertiary/aromatic N) is 3. The van der Waals surface area contributed by atoms with E-state index in [9.17, 15) is 0 Å². The molecule has 2 aromatic rings. The molecule has 1 heterocycles. The standard InChI is InChI=1S/C20H29N5O/c1-15-8-9-16(19(12-15)26-3)13-22-20(21-2)23-14-17-10-11-25(24-17)18-6-4-5-7-18/h8-12,18H,4-7,13-14H2,1-3H3,(H2,21,22,23). The number of ether oxygens (including phenoxy) is 1. The van der Waals surface area contributed by atoms with Gasteiger partial charge in [-0.25, -0.2) is 0 Å². The van der Waals surface area contributed by atoms with Crippen molar-refractivity contribution < 1.29 is 4.74 Å². The highest BCUT2D eigenvalue weighted by molar-refractivity contribution is 5.79. The van der Waals surface area contributed by atoms with Crippen molar-refractivity contribution in [2.45, 2.75) is 51.7 Å². The third kappa shape index (κ3) is 4.56. The normalized spacial score (nSPS) is 15.3. The summed E-state index contributed by atoms with van der Waals surface area (Å²) < 4.78 is 7.58. The van der Waals surface area contributed by atoms with Crippen LogP contribution in [0.4, 0.5) is 0 Å². The lowest BCUT2D eigenvalue weighted by molar-refractivity contribution is 0.408. The average Bonchev–Trinajstić information content (AvgIpc) is 3.34. The molecule has 26 heavy (non-hydrogen) atoms. The van der Waals surface area contributed by atoms with Crippen LogP contribution < -0.4 is 15.4 Å². The molecule has 2 N–H and O–H groups in total. The second kappa shape index (κ2) is 8.74. The minimum Gasteiger partial charge on any atom is -0.496 e. The third-order valence-electron chi connectivity index (χ3n) is 4.91. The Labute approximate surface area is 155 Å². The maximum Gasteiger partial charge on any atom is 0.191 e. The van der Waals surface area contributed by atoms with E-state index in [1.165, 1.54) is 31.2 Å². The quantitative estimate of drug-likeness (QED) is 0.617. The summed E-state index contributed by atoms with van der Waals surface area (Å²) >= 11 is 0. The molecule has 1 fully saturated rings. The molecule has 0 radical (unpaired) electrons. The van der Waals surface area contributed by atoms with Crippen molar-refractivity contribution in [1.82, 2.24) is 20.4 Å². The van der Waals surface area contributed by atoms with Crippen LogP contribution in [-0.2, 0) is 13.1 Å². The van der Waals surface area contributed by atoms with Gasteiger partial charge in [0, 0.05) is 25.4 Å². The first-order chi connectivity index (χ1) is 12.7. The van der Waals surface area contributed by atoms with Crippen LogP contribution in [0.1, 0.15) is 48.5 Å². The number of benzene rings is 1. The number of guanidine groups is 1. The van der Waals surface area contributed by atoms with Crippen molar-refractivity contribution in [3.8, 4) is 5.75 Å². The number of hydrogen-bond acceptors (Lipinski definition) is 3. The topological polar surface area (TPSA) is 63.5 Å². The Bertz CT molecular complexity index is 746. The van der Waals surface area contributed by atoms with Gasteiger partial charge in [-0.15, -0.1) is 0 Å². The fourth-order valence-electron chi connectivity index (χ4n) is 3.42. The van der Waals surface area contributed by atoms with Gasteiger partial charge >= 0.3 is 0 Å². The largest absolute Gasteiger partial charge is 0.496 e. The smallest absolute Gasteiger partial charge is 0.191 e. The number of methoxy groups -OCH3 is 1. The Balaban J connectivity index is 1.52. The SMILES string of the molecule is CN=C(NCc1ccn(C2CCCC2)n1)NCc1ccc(C)cc1OC. The second-order valence-corrected chi connectivity index (χ2v) is 6.82. The molecule has 0 saturated heterocycles. The Morgan fingerprint density at radius 1 is 1.23 bits per heavy atom. The number of rotatable bonds is 6. The van der Waals surface area contributed by atoms with Gasteiger partial charge in [-0.1, -0.05) is 25.0 Å². The summed E-state index contributed by atoms with van der Waals surface area (Å²) in [5.41, 5.74) is 3.32. The Morgan fingerprint density at radius 3 is 2.73 bits per heavy atom. The fraction of sp³-hybridized carbons (Fsp3) is 0.500. The maximum atomic E-state index is 5.46. The molecule has 0 spiro atoms. The molecule has 1 aliphatic carbocycles. The molecule has 6 heteroatoms. The first-order valence-electron chi connectivity index (χ1n) is 9.31. The van der Waals surface area contributed by atoms with E-state index in [4.69, 9.17) is 9.84 Å². The van der Waals surface area contributed by atoms with Crippen LogP contribution in [-0.4, -0.2) is 29.9 Å². The first-order valence-corrected chi connectivity index (χ1v) is 9.31. The van der Waals surface area contributed by atoms with E-state index >= 15 is 0 Å². The second-order valence-electron chi connectivity index (χ2n) is 6.82. The van der Waals surface area contributed by atoms with E-state index in [1.54, 1.807) is 14.2 Å². The molecular weight excluding hydrogens is 326 g/mol. The zero-order valence-corrected chi connectivity index (χ0v) is 16.0. The molecule has 140 valence electrons. The van der Waals surface area contributed by atoms with Crippen LogP contribution in [0.25, 0.3) is 0 Å². The molecule has 6 nitrogen and oxygen atoms in total. The molecule has 0 unspecified atom stereocenters. The summed E-state index contributed by atoms with van der Waals surface area (Å²) in [5.74, 6) is 1.64. The summed E-state index contributed by atoms with van der Waals surface area (Å²) in [4.78, 5) is 4.29. The van der Waals surface area contributed by atoms with Gasteiger partial charge in [-0.3, -0.25) is 9.67 Å². The van der Waals surface area contributed by atoms with E-state index in [-0.39, 0.29) is 0 Å². The highest BCUT2D eigenvalue weighted by Gasteiger charge is 2.17. The molecule has 0 amide bonds. The van der Waals surface area contributed by atoms with Crippen LogP contribution in [0.3, 0.4) is 0 Å². The minimum absolute atomic E-state index is 0.579. The monoisotopic (exact) mass is 355 g/mol. The van der Waals surface area contributed by atoms with Crippen LogP contribution in [0.15, 0.2) is 35.5 Å². The van der Waals surface area contributed by atoms with Gasteiger partial charge in [-0.2, -0.15) is 5.10 Å². The van der Waals surface area contributed by atoms with Gasteiger partial charge in [0.1, 0.15) is 5.75 Å². The Hall–Kier alpha value is -2.50. The third-order valence-corrected chi connectivity index (χ3v) is 4.91. The van der Waals surface area contributed by atoms with Gasteiger partial charge in [0.25, 0.3) is 0 Å². The Morgan fingerprint density at radius 2 is 2.00 bits per heavy atom.